The van der Waals surface area contributed by atoms with Crippen LogP contribution in [-0.2, 0) is 0 Å². The molecule has 1 fully saturated rings. The van der Waals surface area contributed by atoms with Gasteiger partial charge in [0.15, 0.2) is 0 Å². The Morgan fingerprint density at radius 3 is 2.80 bits per heavy atom. The number of nitrogens with one attached hydrogen (secondary N) is 1. The zero-order valence-electron chi connectivity index (χ0n) is 11.7. The van der Waals surface area contributed by atoms with E-state index < -0.39 is 0 Å². The molecular weight excluding hydrogens is 266 g/mol. The molecule has 1 saturated heterocycles. The molecule has 0 spiro atoms. The minimum atomic E-state index is 0.455. The van der Waals surface area contributed by atoms with Crippen molar-refractivity contribution in [2.24, 2.45) is 0 Å². The van der Waals surface area contributed by atoms with E-state index in [0.717, 1.165) is 29.4 Å². The molecule has 1 aliphatic rings. The maximum atomic E-state index is 4.80. The fraction of sp³-hybridized carbons (Fsp3) is 0.375. The van der Waals surface area contributed by atoms with Crippen LogP contribution < -0.4 is 5.32 Å². The minimum Gasteiger partial charge on any atom is -0.370 e. The second-order valence-electron chi connectivity index (χ2n) is 4.89. The zero-order chi connectivity index (χ0) is 13.8. The third kappa shape index (κ3) is 2.96. The van der Waals surface area contributed by atoms with E-state index in [9.17, 15) is 0 Å². The summed E-state index contributed by atoms with van der Waals surface area (Å²) in [7, 11) is 0. The lowest BCUT2D eigenvalue weighted by atomic mass is 10.1. The van der Waals surface area contributed by atoms with Crippen LogP contribution in [0.2, 0.25) is 0 Å². The van der Waals surface area contributed by atoms with Gasteiger partial charge in [-0.25, -0.2) is 9.97 Å². The second-order valence-corrected chi connectivity index (χ2v) is 6.21. The number of aromatic nitrogens is 2. The third-order valence-corrected chi connectivity index (χ3v) is 4.76. The van der Waals surface area contributed by atoms with Crippen LogP contribution in [0, 0.1) is 0 Å². The van der Waals surface area contributed by atoms with Crippen LogP contribution in [0.3, 0.4) is 0 Å². The van der Waals surface area contributed by atoms with Crippen LogP contribution in [-0.4, -0.2) is 22.3 Å². The lowest BCUT2D eigenvalue weighted by molar-refractivity contribution is 0.778. The average Bonchev–Trinajstić information content (AvgIpc) is 3.02. The molecule has 1 aromatic heterocycles. The molecule has 1 unspecified atom stereocenters. The predicted octanol–water partition coefficient (Wildman–Crippen LogP) is 4.14. The average molecular weight is 285 g/mol. The van der Waals surface area contributed by atoms with Crippen molar-refractivity contribution in [1.82, 2.24) is 9.97 Å². The summed E-state index contributed by atoms with van der Waals surface area (Å²) >= 11 is 1.97. The van der Waals surface area contributed by atoms with E-state index >= 15 is 0 Å². The molecule has 20 heavy (non-hydrogen) atoms. The van der Waals surface area contributed by atoms with Crippen LogP contribution in [0.25, 0.3) is 11.3 Å². The highest BCUT2D eigenvalue weighted by Gasteiger charge is 2.21. The van der Waals surface area contributed by atoms with Gasteiger partial charge in [0.2, 0.25) is 0 Å². The fourth-order valence-corrected chi connectivity index (χ4v) is 3.63. The van der Waals surface area contributed by atoms with Gasteiger partial charge in [-0.15, -0.1) is 0 Å². The van der Waals surface area contributed by atoms with Crippen molar-refractivity contribution in [3.8, 4) is 11.3 Å². The fourth-order valence-electron chi connectivity index (χ4n) is 2.42. The van der Waals surface area contributed by atoms with Gasteiger partial charge in [0.25, 0.3) is 0 Å². The number of benzene rings is 1. The summed E-state index contributed by atoms with van der Waals surface area (Å²) in [6.07, 6.45) is 2.46. The molecule has 0 aliphatic carbocycles. The number of anilines is 1. The van der Waals surface area contributed by atoms with E-state index in [0.29, 0.717) is 5.25 Å². The van der Waals surface area contributed by atoms with Crippen molar-refractivity contribution in [3.05, 3.63) is 42.2 Å². The molecule has 2 heterocycles. The summed E-state index contributed by atoms with van der Waals surface area (Å²) in [5.74, 6) is 3.13. The van der Waals surface area contributed by atoms with Crippen LogP contribution in [0.4, 0.5) is 5.82 Å². The Morgan fingerprint density at radius 1 is 1.25 bits per heavy atom. The first kappa shape index (κ1) is 13.4. The predicted molar refractivity (Wildman–Crippen MR) is 86.1 cm³/mol. The Kier molecular flexibility index (Phi) is 4.21. The number of hydrogen-bond acceptors (Lipinski definition) is 4. The normalized spacial score (nSPS) is 18.1. The highest BCUT2D eigenvalue weighted by molar-refractivity contribution is 7.99. The van der Waals surface area contributed by atoms with Gasteiger partial charge in [0, 0.05) is 18.2 Å². The van der Waals surface area contributed by atoms with E-state index in [-0.39, 0.29) is 0 Å². The van der Waals surface area contributed by atoms with E-state index in [1.165, 1.54) is 18.6 Å². The van der Waals surface area contributed by atoms with E-state index in [4.69, 9.17) is 4.98 Å². The van der Waals surface area contributed by atoms with Gasteiger partial charge in [0.1, 0.15) is 11.6 Å². The molecule has 1 N–H and O–H groups in total. The van der Waals surface area contributed by atoms with Gasteiger partial charge in [-0.1, -0.05) is 30.3 Å². The number of rotatable bonds is 4. The van der Waals surface area contributed by atoms with Crippen molar-refractivity contribution < 1.29 is 0 Å². The summed E-state index contributed by atoms with van der Waals surface area (Å²) < 4.78 is 0. The Balaban J connectivity index is 2.00. The van der Waals surface area contributed by atoms with E-state index in [1.54, 1.807) is 0 Å². The van der Waals surface area contributed by atoms with Crippen LogP contribution in [0.1, 0.15) is 30.8 Å². The van der Waals surface area contributed by atoms with Crippen molar-refractivity contribution in [3.63, 3.8) is 0 Å². The van der Waals surface area contributed by atoms with Crippen LogP contribution >= 0.6 is 11.8 Å². The maximum Gasteiger partial charge on any atom is 0.144 e. The van der Waals surface area contributed by atoms with E-state index in [2.05, 4.69) is 29.4 Å². The monoisotopic (exact) mass is 285 g/mol. The van der Waals surface area contributed by atoms with Crippen molar-refractivity contribution >= 4 is 17.6 Å². The molecule has 0 amide bonds. The molecule has 3 nitrogen and oxygen atoms in total. The van der Waals surface area contributed by atoms with Crippen molar-refractivity contribution in [1.29, 1.82) is 0 Å². The first-order valence-corrected chi connectivity index (χ1v) is 8.21. The molecule has 0 saturated carbocycles. The van der Waals surface area contributed by atoms with Gasteiger partial charge in [0.05, 0.1) is 10.9 Å². The Hall–Kier alpha value is -1.55. The second kappa shape index (κ2) is 6.27. The first-order valence-electron chi connectivity index (χ1n) is 7.16. The van der Waals surface area contributed by atoms with Crippen LogP contribution in [0.15, 0.2) is 36.4 Å². The SMILES string of the molecule is CCNc1cc(-c2ccccc2)nc(C2CCCS2)n1. The quantitative estimate of drug-likeness (QED) is 0.916. The van der Waals surface area contributed by atoms with Gasteiger partial charge < -0.3 is 5.32 Å². The zero-order valence-corrected chi connectivity index (χ0v) is 12.5. The lowest BCUT2D eigenvalue weighted by Gasteiger charge is -2.12. The van der Waals surface area contributed by atoms with Gasteiger partial charge in [-0.05, 0) is 25.5 Å². The molecule has 0 bridgehead atoms. The molecular formula is C16H19N3S. The largest absolute Gasteiger partial charge is 0.370 e. The summed E-state index contributed by atoms with van der Waals surface area (Å²) in [6.45, 7) is 2.97. The Morgan fingerprint density at radius 2 is 2.10 bits per heavy atom. The minimum absolute atomic E-state index is 0.455. The maximum absolute atomic E-state index is 4.80. The summed E-state index contributed by atoms with van der Waals surface area (Å²) in [4.78, 5) is 9.48. The Bertz CT molecular complexity index is 565. The first-order chi connectivity index (χ1) is 9.86. The number of hydrogen-bond donors (Lipinski definition) is 1. The Labute approximate surface area is 124 Å². The molecule has 2 aromatic rings. The van der Waals surface area contributed by atoms with Gasteiger partial charge in [-0.2, -0.15) is 11.8 Å². The van der Waals surface area contributed by atoms with Crippen molar-refractivity contribution in [2.75, 3.05) is 17.6 Å². The molecule has 1 aromatic carbocycles. The number of thioether (sulfide) groups is 1. The summed E-state index contributed by atoms with van der Waals surface area (Å²) in [5.41, 5.74) is 2.16. The molecule has 104 valence electrons. The van der Waals surface area contributed by atoms with Gasteiger partial charge >= 0.3 is 0 Å². The topological polar surface area (TPSA) is 37.8 Å². The van der Waals surface area contributed by atoms with E-state index in [1.807, 2.05) is 36.0 Å². The van der Waals surface area contributed by atoms with Crippen molar-refractivity contribution in [2.45, 2.75) is 25.0 Å². The highest BCUT2D eigenvalue weighted by atomic mass is 32.2. The highest BCUT2D eigenvalue weighted by Crippen LogP contribution is 2.39. The smallest absolute Gasteiger partial charge is 0.144 e. The molecule has 1 atom stereocenters. The summed E-state index contributed by atoms with van der Waals surface area (Å²) in [6, 6.07) is 12.4. The molecule has 0 radical (unpaired) electrons. The molecule has 1 aliphatic heterocycles. The molecule has 4 heteroatoms. The van der Waals surface area contributed by atoms with Gasteiger partial charge in [-0.3, -0.25) is 0 Å². The standard InChI is InChI=1S/C16H19N3S/c1-2-17-15-11-13(12-7-4-3-5-8-12)18-16(19-15)14-9-6-10-20-14/h3-5,7-8,11,14H,2,6,9-10H2,1H3,(H,17,18,19). The lowest BCUT2D eigenvalue weighted by Crippen LogP contribution is -2.06. The molecule has 3 rings (SSSR count). The summed E-state index contributed by atoms with van der Waals surface area (Å²) in [5, 5.41) is 3.78. The van der Waals surface area contributed by atoms with Crippen LogP contribution in [0.5, 0.6) is 0 Å². The third-order valence-electron chi connectivity index (χ3n) is 3.39. The number of nitrogens with zero attached hydrogens (tertiary/aromatic N) is 2.